The van der Waals surface area contributed by atoms with Crippen molar-refractivity contribution in [1.82, 2.24) is 4.98 Å². The monoisotopic (exact) mass is 281 g/mol. The summed E-state index contributed by atoms with van der Waals surface area (Å²) in [5.74, 6) is 0. The molecule has 22 heavy (non-hydrogen) atoms. The van der Waals surface area contributed by atoms with Gasteiger partial charge in [-0.25, -0.2) is 0 Å². The Kier molecular flexibility index (Phi) is 3.17. The van der Waals surface area contributed by atoms with E-state index in [0.717, 1.165) is 11.3 Å². The quantitative estimate of drug-likeness (QED) is 0.468. The molecule has 1 heteroatoms. The van der Waals surface area contributed by atoms with Crippen LogP contribution in [0, 0.1) is 0 Å². The highest BCUT2D eigenvalue weighted by Crippen LogP contribution is 2.36. The fourth-order valence-corrected chi connectivity index (χ4v) is 2.88. The summed E-state index contributed by atoms with van der Waals surface area (Å²) in [6.07, 6.45) is 1.96. The van der Waals surface area contributed by atoms with Gasteiger partial charge in [0.1, 0.15) is 0 Å². The van der Waals surface area contributed by atoms with Gasteiger partial charge in [-0.2, -0.15) is 0 Å². The summed E-state index contributed by atoms with van der Waals surface area (Å²) >= 11 is 0. The number of hydrogen-bond donors (Lipinski definition) is 0. The topological polar surface area (TPSA) is 12.9 Å². The highest BCUT2D eigenvalue weighted by molar-refractivity contribution is 6.02. The summed E-state index contributed by atoms with van der Waals surface area (Å²) < 4.78 is 0. The molecule has 0 N–H and O–H groups in total. The smallest absolute Gasteiger partial charge is 0.0786 e. The van der Waals surface area contributed by atoms with Crippen LogP contribution in [0.2, 0.25) is 0 Å². The van der Waals surface area contributed by atoms with Gasteiger partial charge in [0.25, 0.3) is 0 Å². The van der Waals surface area contributed by atoms with E-state index in [1.807, 2.05) is 18.3 Å². The second-order valence-electron chi connectivity index (χ2n) is 5.30. The van der Waals surface area contributed by atoms with Gasteiger partial charge in [-0.05, 0) is 10.9 Å². The van der Waals surface area contributed by atoms with Gasteiger partial charge in [-0.3, -0.25) is 4.98 Å². The standard InChI is InChI=1S/C21H15N/c1-3-9-16(10-4-1)20-19-14-8-7-13-18(19)15-22-21(20)17-11-5-2-6-12-17/h1-15H. The molecular formula is C21H15N. The second kappa shape index (κ2) is 5.45. The Morgan fingerprint density at radius 2 is 1.14 bits per heavy atom. The Hall–Kier alpha value is -2.93. The van der Waals surface area contributed by atoms with Gasteiger partial charge in [-0.15, -0.1) is 0 Å². The molecular weight excluding hydrogens is 266 g/mol. The summed E-state index contributed by atoms with van der Waals surface area (Å²) in [6.45, 7) is 0. The molecule has 0 unspecified atom stereocenters. The minimum Gasteiger partial charge on any atom is -0.255 e. The van der Waals surface area contributed by atoms with E-state index in [9.17, 15) is 0 Å². The fourth-order valence-electron chi connectivity index (χ4n) is 2.88. The molecule has 0 fully saturated rings. The second-order valence-corrected chi connectivity index (χ2v) is 5.30. The zero-order valence-corrected chi connectivity index (χ0v) is 12.1. The van der Waals surface area contributed by atoms with Crippen molar-refractivity contribution in [1.29, 1.82) is 0 Å². The Morgan fingerprint density at radius 3 is 1.86 bits per heavy atom. The summed E-state index contributed by atoms with van der Waals surface area (Å²) in [7, 11) is 0. The predicted octanol–water partition coefficient (Wildman–Crippen LogP) is 5.57. The van der Waals surface area contributed by atoms with Crippen LogP contribution in [0.1, 0.15) is 0 Å². The summed E-state index contributed by atoms with van der Waals surface area (Å²) in [4.78, 5) is 4.75. The SMILES string of the molecule is c1ccc(-c2ncc3ccccc3c2-c2ccccc2)cc1. The Labute approximate surface area is 129 Å². The molecule has 0 radical (unpaired) electrons. The molecule has 0 aliphatic rings. The summed E-state index contributed by atoms with van der Waals surface area (Å²) in [5.41, 5.74) is 4.58. The third kappa shape index (κ3) is 2.17. The van der Waals surface area contributed by atoms with Crippen molar-refractivity contribution in [2.45, 2.75) is 0 Å². The molecule has 1 nitrogen and oxygen atoms in total. The molecule has 1 heterocycles. The molecule has 0 spiro atoms. The molecule has 0 atom stereocenters. The number of aromatic nitrogens is 1. The maximum atomic E-state index is 4.75. The van der Waals surface area contributed by atoms with Crippen LogP contribution in [-0.2, 0) is 0 Å². The first-order valence-electron chi connectivity index (χ1n) is 7.42. The van der Waals surface area contributed by atoms with Crippen molar-refractivity contribution in [3.05, 3.63) is 91.1 Å². The van der Waals surface area contributed by atoms with Crippen molar-refractivity contribution in [2.75, 3.05) is 0 Å². The van der Waals surface area contributed by atoms with Crippen molar-refractivity contribution >= 4 is 10.8 Å². The normalized spacial score (nSPS) is 10.7. The molecule has 0 bridgehead atoms. The zero-order valence-electron chi connectivity index (χ0n) is 12.1. The third-order valence-corrected chi connectivity index (χ3v) is 3.91. The maximum absolute atomic E-state index is 4.75. The number of pyridine rings is 1. The number of nitrogens with zero attached hydrogens (tertiary/aromatic N) is 1. The molecule has 0 saturated heterocycles. The number of benzene rings is 3. The number of rotatable bonds is 2. The Balaban J connectivity index is 2.09. The third-order valence-electron chi connectivity index (χ3n) is 3.91. The first-order valence-corrected chi connectivity index (χ1v) is 7.42. The summed E-state index contributed by atoms with van der Waals surface area (Å²) in [6, 6.07) is 29.3. The maximum Gasteiger partial charge on any atom is 0.0786 e. The van der Waals surface area contributed by atoms with Crippen molar-refractivity contribution in [2.24, 2.45) is 0 Å². The molecule has 4 aromatic rings. The van der Waals surface area contributed by atoms with Gasteiger partial charge in [0.05, 0.1) is 5.69 Å². The van der Waals surface area contributed by atoms with E-state index in [2.05, 4.69) is 72.8 Å². The van der Waals surface area contributed by atoms with E-state index in [1.165, 1.54) is 21.9 Å². The number of hydrogen-bond acceptors (Lipinski definition) is 1. The van der Waals surface area contributed by atoms with Gasteiger partial charge in [-0.1, -0.05) is 84.9 Å². The minimum absolute atomic E-state index is 1.03. The van der Waals surface area contributed by atoms with Crippen LogP contribution in [-0.4, -0.2) is 4.98 Å². The van der Waals surface area contributed by atoms with Crippen LogP contribution in [0.4, 0.5) is 0 Å². The van der Waals surface area contributed by atoms with Gasteiger partial charge in [0, 0.05) is 22.7 Å². The van der Waals surface area contributed by atoms with Gasteiger partial charge in [0.2, 0.25) is 0 Å². The highest BCUT2D eigenvalue weighted by atomic mass is 14.7. The molecule has 0 aliphatic carbocycles. The fraction of sp³-hybridized carbons (Fsp3) is 0. The molecule has 0 saturated carbocycles. The van der Waals surface area contributed by atoms with E-state index >= 15 is 0 Å². The average Bonchev–Trinajstić information content (AvgIpc) is 2.62. The van der Waals surface area contributed by atoms with E-state index in [1.54, 1.807) is 0 Å². The summed E-state index contributed by atoms with van der Waals surface area (Å²) in [5, 5.41) is 2.41. The molecule has 4 rings (SSSR count). The molecule has 0 amide bonds. The minimum atomic E-state index is 1.03. The van der Waals surface area contributed by atoms with Gasteiger partial charge >= 0.3 is 0 Å². The first-order chi connectivity index (χ1) is 10.9. The lowest BCUT2D eigenvalue weighted by Crippen LogP contribution is -1.91. The average molecular weight is 281 g/mol. The van der Waals surface area contributed by atoms with E-state index in [0.29, 0.717) is 0 Å². The van der Waals surface area contributed by atoms with Crippen LogP contribution in [0.25, 0.3) is 33.2 Å². The highest BCUT2D eigenvalue weighted by Gasteiger charge is 2.12. The van der Waals surface area contributed by atoms with Crippen LogP contribution < -0.4 is 0 Å². The van der Waals surface area contributed by atoms with E-state index in [-0.39, 0.29) is 0 Å². The number of fused-ring (bicyclic) bond motifs is 1. The van der Waals surface area contributed by atoms with Crippen LogP contribution in [0.15, 0.2) is 91.1 Å². The lowest BCUT2D eigenvalue weighted by molar-refractivity contribution is 1.35. The van der Waals surface area contributed by atoms with Crippen LogP contribution in [0.3, 0.4) is 0 Å². The lowest BCUT2D eigenvalue weighted by Gasteiger charge is -2.13. The molecule has 104 valence electrons. The van der Waals surface area contributed by atoms with Crippen molar-refractivity contribution < 1.29 is 0 Å². The molecule has 3 aromatic carbocycles. The molecule has 1 aromatic heterocycles. The Morgan fingerprint density at radius 1 is 0.545 bits per heavy atom. The largest absolute Gasteiger partial charge is 0.255 e. The first kappa shape index (κ1) is 12.8. The Bertz CT molecular complexity index is 912. The van der Waals surface area contributed by atoms with Crippen LogP contribution in [0.5, 0.6) is 0 Å². The van der Waals surface area contributed by atoms with Gasteiger partial charge < -0.3 is 0 Å². The molecule has 0 aliphatic heterocycles. The van der Waals surface area contributed by atoms with E-state index < -0.39 is 0 Å². The van der Waals surface area contributed by atoms with Gasteiger partial charge in [0.15, 0.2) is 0 Å². The lowest BCUT2D eigenvalue weighted by atomic mass is 9.94. The van der Waals surface area contributed by atoms with Crippen LogP contribution >= 0.6 is 0 Å². The zero-order chi connectivity index (χ0) is 14.8. The van der Waals surface area contributed by atoms with E-state index in [4.69, 9.17) is 4.98 Å². The van der Waals surface area contributed by atoms with Crippen molar-refractivity contribution in [3.8, 4) is 22.4 Å². The predicted molar refractivity (Wildman–Crippen MR) is 92.6 cm³/mol. The van der Waals surface area contributed by atoms with Crippen molar-refractivity contribution in [3.63, 3.8) is 0 Å².